The van der Waals surface area contributed by atoms with Crippen LogP contribution in [0.4, 0.5) is 0 Å². The zero-order valence-corrected chi connectivity index (χ0v) is 10.4. The molecule has 1 aromatic carbocycles. The van der Waals surface area contributed by atoms with Crippen molar-refractivity contribution in [2.45, 2.75) is 26.2 Å². The maximum Gasteiger partial charge on any atom is 0.125 e. The fourth-order valence-corrected chi connectivity index (χ4v) is 2.52. The molecule has 0 spiro atoms. The van der Waals surface area contributed by atoms with Gasteiger partial charge in [-0.25, -0.2) is 0 Å². The molecule has 16 heavy (non-hydrogen) atoms. The molecule has 0 amide bonds. The van der Waals surface area contributed by atoms with E-state index in [1.165, 1.54) is 11.1 Å². The van der Waals surface area contributed by atoms with E-state index in [2.05, 4.69) is 6.92 Å². The zero-order valence-electron chi connectivity index (χ0n) is 9.63. The van der Waals surface area contributed by atoms with Crippen molar-refractivity contribution in [2.75, 3.05) is 13.2 Å². The third kappa shape index (κ3) is 2.50. The lowest BCUT2D eigenvalue weighted by Gasteiger charge is -2.13. The van der Waals surface area contributed by atoms with E-state index in [-0.39, 0.29) is 0 Å². The molecule has 88 valence electrons. The first kappa shape index (κ1) is 11.7. The zero-order chi connectivity index (χ0) is 11.5. The van der Waals surface area contributed by atoms with E-state index in [4.69, 9.17) is 22.1 Å². The van der Waals surface area contributed by atoms with Gasteiger partial charge in [0.2, 0.25) is 0 Å². The number of nitrogens with two attached hydrogens (primary N) is 1. The predicted molar refractivity (Wildman–Crippen MR) is 67.2 cm³/mol. The summed E-state index contributed by atoms with van der Waals surface area (Å²) >= 11 is 6.11. The summed E-state index contributed by atoms with van der Waals surface area (Å²) in [5.74, 6) is 1.64. The SMILES string of the molecule is CC(CCN)Cc1cc(Cl)cc2c1OCC2. The van der Waals surface area contributed by atoms with E-state index in [0.717, 1.165) is 43.2 Å². The second-order valence-electron chi connectivity index (χ2n) is 4.54. The molecular formula is C13H18ClNO. The second kappa shape index (κ2) is 5.07. The van der Waals surface area contributed by atoms with Gasteiger partial charge >= 0.3 is 0 Å². The Morgan fingerprint density at radius 2 is 2.31 bits per heavy atom. The smallest absolute Gasteiger partial charge is 0.125 e. The van der Waals surface area contributed by atoms with Crippen molar-refractivity contribution in [3.8, 4) is 5.75 Å². The van der Waals surface area contributed by atoms with Gasteiger partial charge < -0.3 is 10.5 Å². The van der Waals surface area contributed by atoms with E-state index < -0.39 is 0 Å². The molecule has 1 heterocycles. The molecule has 0 aliphatic carbocycles. The predicted octanol–water partition coefficient (Wildman–Crippen LogP) is 2.80. The molecule has 0 radical (unpaired) electrons. The van der Waals surface area contributed by atoms with Gasteiger partial charge in [0.1, 0.15) is 5.75 Å². The highest BCUT2D eigenvalue weighted by Crippen LogP contribution is 2.34. The van der Waals surface area contributed by atoms with E-state index >= 15 is 0 Å². The summed E-state index contributed by atoms with van der Waals surface area (Å²) in [5.41, 5.74) is 8.06. The highest BCUT2D eigenvalue weighted by atomic mass is 35.5. The summed E-state index contributed by atoms with van der Waals surface area (Å²) in [4.78, 5) is 0. The van der Waals surface area contributed by atoms with Crippen molar-refractivity contribution >= 4 is 11.6 Å². The van der Waals surface area contributed by atoms with Crippen LogP contribution in [0.25, 0.3) is 0 Å². The molecule has 1 aliphatic heterocycles. The number of fused-ring (bicyclic) bond motifs is 1. The van der Waals surface area contributed by atoms with E-state index in [1.54, 1.807) is 0 Å². The molecule has 2 rings (SSSR count). The quantitative estimate of drug-likeness (QED) is 0.877. The van der Waals surface area contributed by atoms with Crippen molar-refractivity contribution < 1.29 is 4.74 Å². The summed E-state index contributed by atoms with van der Waals surface area (Å²) in [6, 6.07) is 4.04. The van der Waals surface area contributed by atoms with Crippen LogP contribution in [0.15, 0.2) is 12.1 Å². The Labute approximate surface area is 102 Å². The molecule has 1 unspecified atom stereocenters. The van der Waals surface area contributed by atoms with Crippen LogP contribution in [0.3, 0.4) is 0 Å². The first-order chi connectivity index (χ1) is 7.70. The van der Waals surface area contributed by atoms with Gasteiger partial charge in [-0.15, -0.1) is 0 Å². The highest BCUT2D eigenvalue weighted by Gasteiger charge is 2.18. The fourth-order valence-electron chi connectivity index (χ4n) is 2.26. The van der Waals surface area contributed by atoms with Crippen molar-refractivity contribution in [3.05, 3.63) is 28.3 Å². The Hall–Kier alpha value is -0.730. The molecule has 3 heteroatoms. The number of halogens is 1. The number of rotatable bonds is 4. The fraction of sp³-hybridized carbons (Fsp3) is 0.538. The van der Waals surface area contributed by atoms with Gasteiger partial charge in [0.15, 0.2) is 0 Å². The van der Waals surface area contributed by atoms with Crippen molar-refractivity contribution in [3.63, 3.8) is 0 Å². The van der Waals surface area contributed by atoms with Crippen LogP contribution in [0.5, 0.6) is 5.75 Å². The van der Waals surface area contributed by atoms with Crippen LogP contribution in [0.1, 0.15) is 24.5 Å². The summed E-state index contributed by atoms with van der Waals surface area (Å²) in [7, 11) is 0. The average Bonchev–Trinajstić information content (AvgIpc) is 2.65. The largest absolute Gasteiger partial charge is 0.493 e. The third-order valence-corrected chi connectivity index (χ3v) is 3.27. The van der Waals surface area contributed by atoms with Gasteiger partial charge in [0.05, 0.1) is 6.61 Å². The Morgan fingerprint density at radius 3 is 3.06 bits per heavy atom. The number of ether oxygens (including phenoxy) is 1. The van der Waals surface area contributed by atoms with E-state index in [0.29, 0.717) is 5.92 Å². The van der Waals surface area contributed by atoms with Crippen LogP contribution in [-0.4, -0.2) is 13.2 Å². The van der Waals surface area contributed by atoms with Gasteiger partial charge in [-0.1, -0.05) is 18.5 Å². The Morgan fingerprint density at radius 1 is 1.50 bits per heavy atom. The van der Waals surface area contributed by atoms with Crippen LogP contribution < -0.4 is 10.5 Å². The first-order valence-corrected chi connectivity index (χ1v) is 6.22. The molecule has 0 bridgehead atoms. The minimum Gasteiger partial charge on any atom is -0.493 e. The molecule has 0 fully saturated rings. The van der Waals surface area contributed by atoms with E-state index in [9.17, 15) is 0 Å². The monoisotopic (exact) mass is 239 g/mol. The van der Waals surface area contributed by atoms with Gasteiger partial charge in [-0.05, 0) is 48.6 Å². The molecule has 2 nitrogen and oxygen atoms in total. The molecule has 1 aliphatic rings. The molecule has 1 atom stereocenters. The van der Waals surface area contributed by atoms with Crippen LogP contribution in [-0.2, 0) is 12.8 Å². The van der Waals surface area contributed by atoms with Crippen LogP contribution in [0.2, 0.25) is 5.02 Å². The topological polar surface area (TPSA) is 35.2 Å². The lowest BCUT2D eigenvalue weighted by molar-refractivity contribution is 0.351. The number of benzene rings is 1. The molecule has 0 saturated carbocycles. The van der Waals surface area contributed by atoms with Crippen molar-refractivity contribution in [1.82, 2.24) is 0 Å². The van der Waals surface area contributed by atoms with Crippen LogP contribution in [0, 0.1) is 5.92 Å². The molecule has 1 aromatic rings. The maximum atomic E-state index is 6.11. The second-order valence-corrected chi connectivity index (χ2v) is 4.97. The lowest BCUT2D eigenvalue weighted by Crippen LogP contribution is -2.08. The standard InChI is InChI=1S/C13H18ClNO/c1-9(2-4-15)6-11-8-12(14)7-10-3-5-16-13(10)11/h7-9H,2-6,15H2,1H3. The summed E-state index contributed by atoms with van der Waals surface area (Å²) in [5, 5.41) is 0.819. The summed E-state index contributed by atoms with van der Waals surface area (Å²) in [6.45, 7) is 3.74. The highest BCUT2D eigenvalue weighted by molar-refractivity contribution is 6.30. The molecule has 2 N–H and O–H groups in total. The molecular weight excluding hydrogens is 222 g/mol. The third-order valence-electron chi connectivity index (χ3n) is 3.05. The lowest BCUT2D eigenvalue weighted by atomic mass is 9.96. The average molecular weight is 240 g/mol. The molecule has 0 saturated heterocycles. The number of hydrogen-bond acceptors (Lipinski definition) is 2. The summed E-state index contributed by atoms with van der Waals surface area (Å²) < 4.78 is 5.67. The van der Waals surface area contributed by atoms with Gasteiger partial charge in [0.25, 0.3) is 0 Å². The van der Waals surface area contributed by atoms with Gasteiger partial charge in [-0.2, -0.15) is 0 Å². The Bertz CT molecular complexity index is 378. The maximum absolute atomic E-state index is 6.11. The minimum absolute atomic E-state index is 0.580. The van der Waals surface area contributed by atoms with Gasteiger partial charge in [0, 0.05) is 11.4 Å². The molecule has 0 aromatic heterocycles. The Kier molecular flexibility index (Phi) is 3.72. The normalized spacial score (nSPS) is 15.7. The van der Waals surface area contributed by atoms with Crippen molar-refractivity contribution in [2.24, 2.45) is 11.7 Å². The minimum atomic E-state index is 0.580. The Balaban J connectivity index is 2.20. The van der Waals surface area contributed by atoms with E-state index in [1.807, 2.05) is 12.1 Å². The van der Waals surface area contributed by atoms with Crippen LogP contribution >= 0.6 is 11.6 Å². The van der Waals surface area contributed by atoms with Gasteiger partial charge in [-0.3, -0.25) is 0 Å². The summed E-state index contributed by atoms with van der Waals surface area (Å²) in [6.07, 6.45) is 3.02. The number of hydrogen-bond donors (Lipinski definition) is 1. The van der Waals surface area contributed by atoms with Crippen molar-refractivity contribution in [1.29, 1.82) is 0 Å². The first-order valence-electron chi connectivity index (χ1n) is 5.85.